The maximum Gasteiger partial charge on any atom is 0.322 e. The van der Waals surface area contributed by atoms with Crippen LogP contribution in [-0.4, -0.2) is 31.9 Å². The maximum atomic E-state index is 10.7. The topological polar surface area (TPSA) is 80.0 Å². The highest BCUT2D eigenvalue weighted by molar-refractivity contribution is 5.73. The van der Waals surface area contributed by atoms with Crippen LogP contribution in [0.1, 0.15) is 11.6 Å². The van der Waals surface area contributed by atoms with E-state index in [1.165, 1.54) is 0 Å². The Labute approximate surface area is 74.6 Å². The fourth-order valence-electron chi connectivity index (χ4n) is 1.42. The molecular weight excluding hydrogens is 172 g/mol. The minimum absolute atomic E-state index is 0.406. The average Bonchev–Trinajstić information content (AvgIpc) is 2.47. The first-order valence-electron chi connectivity index (χ1n) is 4.03. The van der Waals surface area contributed by atoms with Gasteiger partial charge in [-0.05, 0) is 6.92 Å². The number of nitrogens with one attached hydrogen (secondary N) is 1. The van der Waals surface area contributed by atoms with E-state index in [2.05, 4.69) is 15.5 Å². The largest absolute Gasteiger partial charge is 0.480 e. The van der Waals surface area contributed by atoms with Gasteiger partial charge in [-0.2, -0.15) is 0 Å². The molecule has 1 aromatic heterocycles. The zero-order valence-corrected chi connectivity index (χ0v) is 7.19. The minimum Gasteiger partial charge on any atom is -0.480 e. The Balaban J connectivity index is 2.27. The van der Waals surface area contributed by atoms with Gasteiger partial charge in [0.15, 0.2) is 0 Å². The van der Waals surface area contributed by atoms with Crippen molar-refractivity contribution >= 4 is 5.97 Å². The normalized spacial score (nSPS) is 21.2. The van der Waals surface area contributed by atoms with Crippen LogP contribution in [0.5, 0.6) is 0 Å². The Kier molecular flexibility index (Phi) is 1.77. The molecule has 0 aliphatic carbocycles. The Morgan fingerprint density at radius 1 is 1.69 bits per heavy atom. The molecule has 0 unspecified atom stereocenters. The molecule has 0 saturated heterocycles. The fourth-order valence-corrected chi connectivity index (χ4v) is 1.42. The van der Waals surface area contributed by atoms with Crippen LogP contribution in [0.3, 0.4) is 0 Å². The van der Waals surface area contributed by atoms with Gasteiger partial charge in [0.2, 0.25) is 0 Å². The summed E-state index contributed by atoms with van der Waals surface area (Å²) in [4.78, 5) is 10.7. The molecule has 0 aromatic carbocycles. The van der Waals surface area contributed by atoms with Gasteiger partial charge in [-0.3, -0.25) is 10.1 Å². The Bertz CT molecular complexity index is 346. The summed E-state index contributed by atoms with van der Waals surface area (Å²) in [5, 5.41) is 19.4. The van der Waals surface area contributed by atoms with Crippen molar-refractivity contribution in [3.05, 3.63) is 11.6 Å². The fraction of sp³-hybridized carbons (Fsp3) is 0.571. The predicted octanol–water partition coefficient (Wildman–Crippen LogP) is -0.857. The van der Waals surface area contributed by atoms with Crippen LogP contribution < -0.4 is 5.32 Å². The van der Waals surface area contributed by atoms with Gasteiger partial charge in [-0.25, -0.2) is 0 Å². The molecule has 6 nitrogen and oxygen atoms in total. The van der Waals surface area contributed by atoms with Gasteiger partial charge in [0.25, 0.3) is 0 Å². The SMILES string of the molecule is Cc1nnc2n1C[C@@H](C(=O)O)NC2. The van der Waals surface area contributed by atoms with E-state index in [4.69, 9.17) is 5.11 Å². The van der Waals surface area contributed by atoms with Crippen molar-refractivity contribution in [2.24, 2.45) is 0 Å². The number of rotatable bonds is 1. The van der Waals surface area contributed by atoms with E-state index in [0.717, 1.165) is 11.6 Å². The van der Waals surface area contributed by atoms with Gasteiger partial charge in [0, 0.05) is 0 Å². The lowest BCUT2D eigenvalue weighted by Crippen LogP contribution is -2.44. The zero-order valence-electron chi connectivity index (χ0n) is 7.19. The summed E-state index contributed by atoms with van der Waals surface area (Å²) in [6.45, 7) is 2.70. The molecule has 70 valence electrons. The minimum atomic E-state index is -0.834. The molecule has 1 atom stereocenters. The van der Waals surface area contributed by atoms with E-state index in [0.29, 0.717) is 13.1 Å². The summed E-state index contributed by atoms with van der Waals surface area (Å²) >= 11 is 0. The van der Waals surface area contributed by atoms with Crippen LogP contribution in [-0.2, 0) is 17.9 Å². The lowest BCUT2D eigenvalue weighted by molar-refractivity contribution is -0.140. The van der Waals surface area contributed by atoms with Crippen LogP contribution in [0.4, 0.5) is 0 Å². The third kappa shape index (κ3) is 1.29. The number of carboxylic acids is 1. The summed E-state index contributed by atoms with van der Waals surface area (Å²) in [6, 6.07) is -0.526. The van der Waals surface area contributed by atoms with Gasteiger partial charge in [0.1, 0.15) is 17.7 Å². The summed E-state index contributed by atoms with van der Waals surface area (Å²) < 4.78 is 1.83. The van der Waals surface area contributed by atoms with Crippen LogP contribution in [0, 0.1) is 6.92 Å². The molecule has 2 heterocycles. The number of carbonyl (C=O) groups is 1. The van der Waals surface area contributed by atoms with Crippen molar-refractivity contribution in [2.75, 3.05) is 0 Å². The van der Waals surface area contributed by atoms with Crippen molar-refractivity contribution in [3.63, 3.8) is 0 Å². The molecule has 2 rings (SSSR count). The van der Waals surface area contributed by atoms with E-state index in [-0.39, 0.29) is 0 Å². The Hall–Kier alpha value is -1.43. The lowest BCUT2D eigenvalue weighted by atomic mass is 10.2. The average molecular weight is 182 g/mol. The highest BCUT2D eigenvalue weighted by atomic mass is 16.4. The predicted molar refractivity (Wildman–Crippen MR) is 43.0 cm³/mol. The number of hydrogen-bond acceptors (Lipinski definition) is 4. The molecule has 1 aromatic rings. The Morgan fingerprint density at radius 3 is 3.15 bits per heavy atom. The second-order valence-corrected chi connectivity index (χ2v) is 3.05. The third-order valence-corrected chi connectivity index (χ3v) is 2.18. The molecule has 6 heteroatoms. The molecule has 1 aliphatic heterocycles. The third-order valence-electron chi connectivity index (χ3n) is 2.18. The van der Waals surface area contributed by atoms with E-state index >= 15 is 0 Å². The van der Waals surface area contributed by atoms with E-state index in [1.54, 1.807) is 0 Å². The first-order chi connectivity index (χ1) is 6.18. The van der Waals surface area contributed by atoms with Crippen molar-refractivity contribution in [3.8, 4) is 0 Å². The number of hydrogen-bond donors (Lipinski definition) is 2. The van der Waals surface area contributed by atoms with Crippen LogP contribution in [0.25, 0.3) is 0 Å². The van der Waals surface area contributed by atoms with E-state index in [1.807, 2.05) is 11.5 Å². The molecule has 0 fully saturated rings. The van der Waals surface area contributed by atoms with E-state index in [9.17, 15) is 4.79 Å². The molecule has 0 bridgehead atoms. The molecule has 2 N–H and O–H groups in total. The quantitative estimate of drug-likeness (QED) is 0.591. The van der Waals surface area contributed by atoms with Crippen LogP contribution >= 0.6 is 0 Å². The molecule has 0 radical (unpaired) electrons. The number of aryl methyl sites for hydroxylation is 1. The summed E-state index contributed by atoms with van der Waals surface area (Å²) in [5.74, 6) is 0.733. The number of fused-ring (bicyclic) bond motifs is 1. The first-order valence-corrected chi connectivity index (χ1v) is 4.03. The smallest absolute Gasteiger partial charge is 0.322 e. The second-order valence-electron chi connectivity index (χ2n) is 3.05. The highest BCUT2D eigenvalue weighted by Gasteiger charge is 2.25. The Morgan fingerprint density at radius 2 is 2.46 bits per heavy atom. The molecule has 13 heavy (non-hydrogen) atoms. The maximum absolute atomic E-state index is 10.7. The van der Waals surface area contributed by atoms with Crippen molar-refractivity contribution in [1.29, 1.82) is 0 Å². The van der Waals surface area contributed by atoms with Gasteiger partial charge in [-0.1, -0.05) is 0 Å². The number of nitrogens with zero attached hydrogens (tertiary/aromatic N) is 3. The second kappa shape index (κ2) is 2.81. The van der Waals surface area contributed by atoms with Gasteiger partial charge < -0.3 is 9.67 Å². The molecule has 0 amide bonds. The zero-order chi connectivity index (χ0) is 9.42. The lowest BCUT2D eigenvalue weighted by Gasteiger charge is -2.21. The molecule has 1 aliphatic rings. The molecule has 0 spiro atoms. The van der Waals surface area contributed by atoms with Crippen LogP contribution in [0.15, 0.2) is 0 Å². The number of aromatic nitrogens is 3. The highest BCUT2D eigenvalue weighted by Crippen LogP contribution is 2.08. The van der Waals surface area contributed by atoms with Gasteiger partial charge in [-0.15, -0.1) is 10.2 Å². The monoisotopic (exact) mass is 182 g/mol. The molecular formula is C7H10N4O2. The van der Waals surface area contributed by atoms with Crippen molar-refractivity contribution < 1.29 is 9.90 Å². The summed E-state index contributed by atoms with van der Waals surface area (Å²) in [6.07, 6.45) is 0. The number of aliphatic carboxylic acids is 1. The molecule has 0 saturated carbocycles. The standard InChI is InChI=1S/C7H10N4O2/c1-4-9-10-6-2-8-5(7(12)13)3-11(4)6/h5,8H,2-3H2,1H3,(H,12,13)/t5-/m0/s1. The van der Waals surface area contributed by atoms with Crippen LogP contribution in [0.2, 0.25) is 0 Å². The van der Waals surface area contributed by atoms with Crippen molar-refractivity contribution in [2.45, 2.75) is 26.1 Å². The number of carboxylic acid groups (broad SMARTS) is 1. The first kappa shape index (κ1) is 8.18. The summed E-state index contributed by atoms with van der Waals surface area (Å²) in [7, 11) is 0. The van der Waals surface area contributed by atoms with Gasteiger partial charge in [0.05, 0.1) is 13.1 Å². The summed E-state index contributed by atoms with van der Waals surface area (Å²) in [5.41, 5.74) is 0. The van der Waals surface area contributed by atoms with Crippen molar-refractivity contribution in [1.82, 2.24) is 20.1 Å². The van der Waals surface area contributed by atoms with Gasteiger partial charge >= 0.3 is 5.97 Å². The van der Waals surface area contributed by atoms with E-state index < -0.39 is 12.0 Å².